The number of hydrogen-bond acceptors (Lipinski definition) is 3. The number of nitrogens with two attached hydrogens (primary N) is 1. The number of rotatable bonds is 5. The van der Waals surface area contributed by atoms with Crippen LogP contribution in [0, 0.1) is 0 Å². The molecule has 18 heavy (non-hydrogen) atoms. The van der Waals surface area contributed by atoms with Crippen LogP contribution < -0.4 is 10.5 Å². The Morgan fingerprint density at radius 2 is 2.22 bits per heavy atom. The zero-order valence-electron chi connectivity index (χ0n) is 10.3. The average Bonchev–Trinajstić information content (AvgIpc) is 2.74. The zero-order chi connectivity index (χ0) is 13.0. The van der Waals surface area contributed by atoms with Crippen LogP contribution in [-0.2, 0) is 20.1 Å². The number of benzene rings is 1. The first-order valence-corrected chi connectivity index (χ1v) is 6.15. The molecule has 0 radical (unpaired) electrons. The lowest BCUT2D eigenvalue weighted by atomic mass is 10.1. The van der Waals surface area contributed by atoms with E-state index in [0.29, 0.717) is 23.9 Å². The molecule has 0 saturated carbocycles. The second-order valence-corrected chi connectivity index (χ2v) is 4.52. The van der Waals surface area contributed by atoms with Crippen molar-refractivity contribution in [2.45, 2.75) is 13.0 Å². The predicted octanol–water partition coefficient (Wildman–Crippen LogP) is 2.15. The fraction of sp³-hybridized carbons (Fsp3) is 0.308. The summed E-state index contributed by atoms with van der Waals surface area (Å²) in [5, 5.41) is 4.70. The smallest absolute Gasteiger partial charge is 0.138 e. The fourth-order valence-electron chi connectivity index (χ4n) is 1.69. The van der Waals surface area contributed by atoms with Gasteiger partial charge in [0.2, 0.25) is 0 Å². The van der Waals surface area contributed by atoms with E-state index in [0.717, 1.165) is 17.5 Å². The Morgan fingerprint density at radius 3 is 2.83 bits per heavy atom. The summed E-state index contributed by atoms with van der Waals surface area (Å²) < 4.78 is 7.39. The van der Waals surface area contributed by atoms with Crippen molar-refractivity contribution in [3.05, 3.63) is 46.7 Å². The van der Waals surface area contributed by atoms with Crippen molar-refractivity contribution in [2.75, 3.05) is 6.54 Å². The SMILES string of the molecule is Cn1cc(COc2ccc(CCN)cc2Cl)cn1. The van der Waals surface area contributed by atoms with Crippen molar-refractivity contribution in [1.82, 2.24) is 9.78 Å². The topological polar surface area (TPSA) is 53.1 Å². The molecule has 2 N–H and O–H groups in total. The zero-order valence-corrected chi connectivity index (χ0v) is 11.0. The molecule has 2 rings (SSSR count). The average molecular weight is 266 g/mol. The highest BCUT2D eigenvalue weighted by molar-refractivity contribution is 6.32. The van der Waals surface area contributed by atoms with E-state index in [2.05, 4.69) is 5.10 Å². The molecule has 1 heterocycles. The van der Waals surface area contributed by atoms with Gasteiger partial charge in [0, 0.05) is 18.8 Å². The summed E-state index contributed by atoms with van der Waals surface area (Å²) in [6.07, 6.45) is 4.51. The summed E-state index contributed by atoms with van der Waals surface area (Å²) in [7, 11) is 1.87. The van der Waals surface area contributed by atoms with Crippen molar-refractivity contribution in [2.24, 2.45) is 12.8 Å². The summed E-state index contributed by atoms with van der Waals surface area (Å²) in [4.78, 5) is 0. The molecule has 0 bridgehead atoms. The van der Waals surface area contributed by atoms with Crippen LogP contribution in [0.25, 0.3) is 0 Å². The lowest BCUT2D eigenvalue weighted by Crippen LogP contribution is -2.02. The van der Waals surface area contributed by atoms with Crippen LogP contribution in [0.1, 0.15) is 11.1 Å². The van der Waals surface area contributed by atoms with Gasteiger partial charge >= 0.3 is 0 Å². The normalized spacial score (nSPS) is 10.6. The summed E-state index contributed by atoms with van der Waals surface area (Å²) in [5.74, 6) is 0.682. The molecule has 96 valence electrons. The Hall–Kier alpha value is -1.52. The van der Waals surface area contributed by atoms with Crippen molar-refractivity contribution in [3.63, 3.8) is 0 Å². The first-order chi connectivity index (χ1) is 8.69. The third-order valence-electron chi connectivity index (χ3n) is 2.58. The Bertz CT molecular complexity index is 525. The lowest BCUT2D eigenvalue weighted by molar-refractivity contribution is 0.306. The number of nitrogens with zero attached hydrogens (tertiary/aromatic N) is 2. The van der Waals surface area contributed by atoms with E-state index in [1.807, 2.05) is 31.4 Å². The molecular formula is C13H16ClN3O. The van der Waals surface area contributed by atoms with E-state index in [9.17, 15) is 0 Å². The van der Waals surface area contributed by atoms with Crippen LogP contribution in [0.2, 0.25) is 5.02 Å². The molecule has 1 aromatic heterocycles. The molecule has 0 atom stereocenters. The molecule has 0 fully saturated rings. The largest absolute Gasteiger partial charge is 0.487 e. The van der Waals surface area contributed by atoms with E-state index < -0.39 is 0 Å². The quantitative estimate of drug-likeness (QED) is 0.901. The van der Waals surface area contributed by atoms with E-state index in [1.165, 1.54) is 0 Å². The second-order valence-electron chi connectivity index (χ2n) is 4.11. The van der Waals surface area contributed by atoms with Crippen LogP contribution in [0.4, 0.5) is 0 Å². The van der Waals surface area contributed by atoms with Crippen molar-refractivity contribution >= 4 is 11.6 Å². The van der Waals surface area contributed by atoms with Gasteiger partial charge in [-0.25, -0.2) is 0 Å². The Kier molecular flexibility index (Phi) is 4.23. The minimum atomic E-state index is 0.462. The monoisotopic (exact) mass is 265 g/mol. The summed E-state index contributed by atoms with van der Waals surface area (Å²) in [6.45, 7) is 1.08. The molecule has 0 aliphatic heterocycles. The van der Waals surface area contributed by atoms with Gasteiger partial charge in [0.15, 0.2) is 0 Å². The van der Waals surface area contributed by atoms with Gasteiger partial charge in [-0.2, -0.15) is 5.10 Å². The molecule has 0 amide bonds. The van der Waals surface area contributed by atoms with Crippen LogP contribution in [0.5, 0.6) is 5.75 Å². The van der Waals surface area contributed by atoms with Crippen molar-refractivity contribution in [3.8, 4) is 5.75 Å². The summed E-state index contributed by atoms with van der Waals surface area (Å²) in [6, 6.07) is 5.76. The molecule has 1 aromatic carbocycles. The maximum Gasteiger partial charge on any atom is 0.138 e. The van der Waals surface area contributed by atoms with E-state index in [-0.39, 0.29) is 0 Å². The second kappa shape index (κ2) is 5.89. The number of aromatic nitrogens is 2. The minimum Gasteiger partial charge on any atom is -0.487 e. The molecule has 0 aliphatic carbocycles. The molecule has 0 saturated heterocycles. The molecular weight excluding hydrogens is 250 g/mol. The Morgan fingerprint density at radius 1 is 1.39 bits per heavy atom. The maximum atomic E-state index is 6.15. The third-order valence-corrected chi connectivity index (χ3v) is 2.88. The number of hydrogen-bond donors (Lipinski definition) is 1. The van der Waals surface area contributed by atoms with Gasteiger partial charge in [0.1, 0.15) is 12.4 Å². The van der Waals surface area contributed by atoms with Gasteiger partial charge in [0.05, 0.1) is 11.2 Å². The minimum absolute atomic E-state index is 0.462. The Balaban J connectivity index is 2.01. The first kappa shape index (κ1) is 12.9. The van der Waals surface area contributed by atoms with Crippen LogP contribution in [0.3, 0.4) is 0 Å². The van der Waals surface area contributed by atoms with Gasteiger partial charge < -0.3 is 10.5 Å². The summed E-state index contributed by atoms with van der Waals surface area (Å²) >= 11 is 6.15. The number of aryl methyl sites for hydroxylation is 1. The molecule has 0 unspecified atom stereocenters. The van der Waals surface area contributed by atoms with E-state index >= 15 is 0 Å². The molecule has 4 nitrogen and oxygen atoms in total. The van der Waals surface area contributed by atoms with Gasteiger partial charge in [-0.1, -0.05) is 17.7 Å². The molecule has 0 spiro atoms. The highest BCUT2D eigenvalue weighted by Crippen LogP contribution is 2.26. The van der Waals surface area contributed by atoms with Crippen LogP contribution in [-0.4, -0.2) is 16.3 Å². The first-order valence-electron chi connectivity index (χ1n) is 5.78. The van der Waals surface area contributed by atoms with Gasteiger partial charge in [0.25, 0.3) is 0 Å². The third kappa shape index (κ3) is 3.24. The lowest BCUT2D eigenvalue weighted by Gasteiger charge is -2.08. The highest BCUT2D eigenvalue weighted by atomic mass is 35.5. The summed E-state index contributed by atoms with van der Waals surface area (Å²) in [5.41, 5.74) is 7.64. The number of ether oxygens (including phenoxy) is 1. The number of halogens is 1. The van der Waals surface area contributed by atoms with Crippen LogP contribution in [0.15, 0.2) is 30.6 Å². The van der Waals surface area contributed by atoms with Gasteiger partial charge in [-0.3, -0.25) is 4.68 Å². The van der Waals surface area contributed by atoms with Gasteiger partial charge in [-0.15, -0.1) is 0 Å². The molecule has 0 aliphatic rings. The van der Waals surface area contributed by atoms with E-state index in [1.54, 1.807) is 10.9 Å². The van der Waals surface area contributed by atoms with Gasteiger partial charge in [-0.05, 0) is 30.7 Å². The predicted molar refractivity (Wildman–Crippen MR) is 71.8 cm³/mol. The van der Waals surface area contributed by atoms with Crippen molar-refractivity contribution < 1.29 is 4.74 Å². The molecule has 5 heteroatoms. The molecule has 2 aromatic rings. The van der Waals surface area contributed by atoms with E-state index in [4.69, 9.17) is 22.1 Å². The highest BCUT2D eigenvalue weighted by Gasteiger charge is 2.04. The van der Waals surface area contributed by atoms with Crippen molar-refractivity contribution in [1.29, 1.82) is 0 Å². The van der Waals surface area contributed by atoms with Crippen LogP contribution >= 0.6 is 11.6 Å². The maximum absolute atomic E-state index is 6.15. The Labute approximate surface area is 111 Å². The standard InChI is InChI=1S/C13H16ClN3O/c1-17-8-11(7-16-17)9-18-13-3-2-10(4-5-15)6-12(13)14/h2-3,6-8H,4-5,9,15H2,1H3. The fourth-order valence-corrected chi connectivity index (χ4v) is 1.95.